The van der Waals surface area contributed by atoms with E-state index in [-0.39, 0.29) is 5.97 Å². The first-order valence-electron chi connectivity index (χ1n) is 7.73. The van der Waals surface area contributed by atoms with Crippen molar-refractivity contribution in [2.45, 2.75) is 31.1 Å². The Morgan fingerprint density at radius 3 is 3.04 bits per heavy atom. The van der Waals surface area contributed by atoms with Crippen LogP contribution in [0.15, 0.2) is 17.2 Å². The van der Waals surface area contributed by atoms with E-state index in [4.69, 9.17) is 21.1 Å². The van der Waals surface area contributed by atoms with Crippen molar-refractivity contribution in [1.29, 1.82) is 0 Å². The molecule has 1 aromatic heterocycles. The van der Waals surface area contributed by atoms with Crippen LogP contribution in [0.1, 0.15) is 31.9 Å². The molecular formula is C17H20ClNO3S. The normalized spacial score (nSPS) is 14.9. The second kappa shape index (κ2) is 9.82. The fraction of sp³-hybridized carbons (Fsp3) is 0.529. The molecule has 0 aromatic carbocycles. The van der Waals surface area contributed by atoms with Crippen molar-refractivity contribution in [1.82, 2.24) is 4.98 Å². The van der Waals surface area contributed by atoms with Gasteiger partial charge in [-0.05, 0) is 31.8 Å². The number of halogens is 1. The molecule has 1 saturated heterocycles. The Balaban J connectivity index is 1.95. The van der Waals surface area contributed by atoms with E-state index < -0.39 is 0 Å². The first-order chi connectivity index (χ1) is 11.2. The van der Waals surface area contributed by atoms with Gasteiger partial charge in [-0.3, -0.25) is 4.79 Å². The Morgan fingerprint density at radius 2 is 2.30 bits per heavy atom. The van der Waals surface area contributed by atoms with Gasteiger partial charge in [0, 0.05) is 36.0 Å². The average Bonchev–Trinajstić information content (AvgIpc) is 2.56. The van der Waals surface area contributed by atoms with E-state index in [0.717, 1.165) is 31.0 Å². The maximum absolute atomic E-state index is 11.3. The van der Waals surface area contributed by atoms with Crippen LogP contribution in [0.3, 0.4) is 0 Å². The van der Waals surface area contributed by atoms with Crippen molar-refractivity contribution in [3.05, 3.63) is 23.0 Å². The summed E-state index contributed by atoms with van der Waals surface area (Å²) in [5.41, 5.74) is 0.597. The zero-order valence-corrected chi connectivity index (χ0v) is 14.7. The van der Waals surface area contributed by atoms with Gasteiger partial charge in [-0.2, -0.15) is 0 Å². The number of ether oxygens (including phenoxy) is 2. The van der Waals surface area contributed by atoms with E-state index in [1.807, 2.05) is 6.07 Å². The van der Waals surface area contributed by atoms with Gasteiger partial charge in [-0.15, -0.1) is 11.8 Å². The molecule has 1 aromatic rings. The van der Waals surface area contributed by atoms with E-state index >= 15 is 0 Å². The first kappa shape index (κ1) is 18.1. The van der Waals surface area contributed by atoms with Gasteiger partial charge in [0.2, 0.25) is 0 Å². The lowest BCUT2D eigenvalue weighted by Crippen LogP contribution is -2.13. The van der Waals surface area contributed by atoms with Gasteiger partial charge >= 0.3 is 5.97 Å². The number of carbonyl (C=O) groups excluding carboxylic acids is 1. The molecule has 1 fully saturated rings. The standard InChI is InChI=1S/C17H20ClNO3S/c1-2-22-16(20)8-12-23-15-5-9-19-14(17(15)18)4-3-13-6-10-21-11-7-13/h5,9,13H,2,6-8,10-12H2,1H3. The molecule has 6 heteroatoms. The number of hydrogen-bond donors (Lipinski definition) is 0. The largest absolute Gasteiger partial charge is 0.466 e. The number of hydrogen-bond acceptors (Lipinski definition) is 5. The van der Waals surface area contributed by atoms with Crippen molar-refractivity contribution in [2.24, 2.45) is 5.92 Å². The third-order valence-electron chi connectivity index (χ3n) is 3.34. The quantitative estimate of drug-likeness (QED) is 0.460. The zero-order valence-electron chi connectivity index (χ0n) is 13.1. The average molecular weight is 354 g/mol. The molecule has 0 aliphatic carbocycles. The molecule has 0 amide bonds. The molecule has 0 atom stereocenters. The topological polar surface area (TPSA) is 48.4 Å². The van der Waals surface area contributed by atoms with Crippen molar-refractivity contribution >= 4 is 29.3 Å². The molecule has 2 rings (SSSR count). The van der Waals surface area contributed by atoms with Crippen molar-refractivity contribution in [3.8, 4) is 11.8 Å². The molecule has 124 valence electrons. The van der Waals surface area contributed by atoms with Gasteiger partial charge in [0.1, 0.15) is 5.69 Å². The van der Waals surface area contributed by atoms with Gasteiger partial charge in [-0.25, -0.2) is 4.98 Å². The Labute approximate surface area is 146 Å². The SMILES string of the molecule is CCOC(=O)CCSc1ccnc(C#CC2CCOCC2)c1Cl. The minimum atomic E-state index is -0.190. The number of pyridine rings is 1. The number of carbonyl (C=O) groups is 1. The van der Waals surface area contributed by atoms with E-state index in [1.165, 1.54) is 11.8 Å². The van der Waals surface area contributed by atoms with Crippen LogP contribution in [0.2, 0.25) is 5.02 Å². The highest BCUT2D eigenvalue weighted by Gasteiger charge is 2.12. The van der Waals surface area contributed by atoms with Gasteiger partial charge in [0.25, 0.3) is 0 Å². The molecule has 2 heterocycles. The van der Waals surface area contributed by atoms with Crippen LogP contribution in [-0.2, 0) is 14.3 Å². The van der Waals surface area contributed by atoms with Crippen LogP contribution < -0.4 is 0 Å². The van der Waals surface area contributed by atoms with Crippen molar-refractivity contribution in [2.75, 3.05) is 25.6 Å². The summed E-state index contributed by atoms with van der Waals surface area (Å²) in [5.74, 6) is 7.10. The number of rotatable bonds is 5. The minimum absolute atomic E-state index is 0.190. The van der Waals surface area contributed by atoms with E-state index in [1.54, 1.807) is 13.1 Å². The van der Waals surface area contributed by atoms with Gasteiger partial charge in [0.05, 0.1) is 18.1 Å². The molecule has 0 saturated carbocycles. The van der Waals surface area contributed by atoms with E-state index in [9.17, 15) is 4.79 Å². The number of esters is 1. The highest BCUT2D eigenvalue weighted by Crippen LogP contribution is 2.29. The third-order valence-corrected chi connectivity index (χ3v) is 4.89. The predicted molar refractivity (Wildman–Crippen MR) is 91.6 cm³/mol. The Hall–Kier alpha value is -1.22. The van der Waals surface area contributed by atoms with Crippen LogP contribution in [0.4, 0.5) is 0 Å². The molecule has 0 radical (unpaired) electrons. The minimum Gasteiger partial charge on any atom is -0.466 e. The summed E-state index contributed by atoms with van der Waals surface area (Å²) >= 11 is 7.89. The lowest BCUT2D eigenvalue weighted by atomic mass is 10.0. The molecular weight excluding hydrogens is 334 g/mol. The van der Waals surface area contributed by atoms with Gasteiger partial charge in [0.15, 0.2) is 0 Å². The number of aromatic nitrogens is 1. The van der Waals surface area contributed by atoms with Crippen LogP contribution in [0.5, 0.6) is 0 Å². The zero-order chi connectivity index (χ0) is 16.5. The molecule has 4 nitrogen and oxygen atoms in total. The van der Waals surface area contributed by atoms with Gasteiger partial charge < -0.3 is 9.47 Å². The summed E-state index contributed by atoms with van der Waals surface area (Å²) < 4.78 is 10.2. The highest BCUT2D eigenvalue weighted by atomic mass is 35.5. The first-order valence-corrected chi connectivity index (χ1v) is 9.09. The van der Waals surface area contributed by atoms with Crippen molar-refractivity contribution in [3.63, 3.8) is 0 Å². The molecule has 0 N–H and O–H groups in total. The molecule has 0 bridgehead atoms. The Morgan fingerprint density at radius 1 is 1.52 bits per heavy atom. The summed E-state index contributed by atoms with van der Waals surface area (Å²) in [5, 5.41) is 0.556. The third kappa shape index (κ3) is 6.06. The highest BCUT2D eigenvalue weighted by molar-refractivity contribution is 7.99. The van der Waals surface area contributed by atoms with E-state index in [2.05, 4.69) is 16.8 Å². The maximum atomic E-state index is 11.3. The van der Waals surface area contributed by atoms with Crippen LogP contribution in [0, 0.1) is 17.8 Å². The Bertz CT molecular complexity index is 591. The molecule has 23 heavy (non-hydrogen) atoms. The summed E-state index contributed by atoms with van der Waals surface area (Å²) in [6.07, 6.45) is 3.98. The fourth-order valence-corrected chi connectivity index (χ4v) is 3.31. The van der Waals surface area contributed by atoms with Crippen LogP contribution in [-0.4, -0.2) is 36.5 Å². The van der Waals surface area contributed by atoms with Crippen LogP contribution in [0.25, 0.3) is 0 Å². The van der Waals surface area contributed by atoms with Gasteiger partial charge in [-0.1, -0.05) is 17.5 Å². The lowest BCUT2D eigenvalue weighted by Gasteiger charge is -2.16. The fourth-order valence-electron chi connectivity index (χ4n) is 2.11. The van der Waals surface area contributed by atoms with E-state index in [0.29, 0.717) is 35.4 Å². The summed E-state index contributed by atoms with van der Waals surface area (Å²) in [6, 6.07) is 1.85. The molecule has 1 aliphatic heterocycles. The number of nitrogens with zero attached hydrogens (tertiary/aromatic N) is 1. The maximum Gasteiger partial charge on any atom is 0.306 e. The second-order valence-corrected chi connectivity index (χ2v) is 6.55. The monoisotopic (exact) mass is 353 g/mol. The lowest BCUT2D eigenvalue weighted by molar-refractivity contribution is -0.142. The summed E-state index contributed by atoms with van der Waals surface area (Å²) in [4.78, 5) is 16.5. The Kier molecular flexibility index (Phi) is 7.73. The molecule has 0 spiro atoms. The summed E-state index contributed by atoms with van der Waals surface area (Å²) in [6.45, 7) is 3.74. The summed E-state index contributed by atoms with van der Waals surface area (Å²) in [7, 11) is 0. The van der Waals surface area contributed by atoms with Crippen molar-refractivity contribution < 1.29 is 14.3 Å². The smallest absolute Gasteiger partial charge is 0.306 e. The molecule has 0 unspecified atom stereocenters. The second-order valence-electron chi connectivity index (χ2n) is 5.03. The van der Waals surface area contributed by atoms with Crippen LogP contribution >= 0.6 is 23.4 Å². The molecule has 1 aliphatic rings. The predicted octanol–water partition coefficient (Wildman–Crippen LogP) is 3.56. The number of thioether (sulfide) groups is 1.